The number of carbonyl (C=O) groups excluding carboxylic acids is 1. The van der Waals surface area contributed by atoms with Crippen molar-refractivity contribution < 1.29 is 22.7 Å². The van der Waals surface area contributed by atoms with Crippen molar-refractivity contribution in [1.29, 1.82) is 0 Å². The number of nitrogens with zero attached hydrogens (tertiary/aromatic N) is 5. The molecule has 3 heterocycles. The number of ether oxygens (including phenoxy) is 1. The maximum absolute atomic E-state index is 13.5. The molecule has 1 saturated heterocycles. The van der Waals surface area contributed by atoms with Gasteiger partial charge in [-0.2, -0.15) is 13.2 Å². The van der Waals surface area contributed by atoms with Gasteiger partial charge in [0.1, 0.15) is 11.2 Å². The second-order valence-corrected chi connectivity index (χ2v) is 10.4. The summed E-state index contributed by atoms with van der Waals surface area (Å²) in [6.07, 6.45) is -3.02. The van der Waals surface area contributed by atoms with Crippen molar-refractivity contribution in [1.82, 2.24) is 19.5 Å². The lowest BCUT2D eigenvalue weighted by Crippen LogP contribution is -2.36. The highest BCUT2D eigenvalue weighted by Gasteiger charge is 2.31. The first kappa shape index (κ1) is 29.0. The minimum atomic E-state index is -4.58. The molecule has 1 aliphatic rings. The first-order valence-electron chi connectivity index (χ1n) is 13.8. The van der Waals surface area contributed by atoms with Gasteiger partial charge < -0.3 is 15.0 Å². The number of rotatable bonds is 5. The standard InChI is InChI=1S/C32H27F3N6O3/c1-19-6-9-23(37-30(42)21-4-3-5-22(16-21)32(33,34)35)17-25(19)27-31(43)40(2)29-26(38-27)18-36-28(39-29)20-7-10-24(11-8-20)41-12-14-44-15-13-41/h3-11,16-18H,12-15H2,1-2H3,(H,37,42). The molecule has 9 nitrogen and oxygen atoms in total. The van der Waals surface area contributed by atoms with Gasteiger partial charge in [-0.1, -0.05) is 12.1 Å². The van der Waals surface area contributed by atoms with Gasteiger partial charge in [0.2, 0.25) is 0 Å². The van der Waals surface area contributed by atoms with E-state index in [9.17, 15) is 22.8 Å². The van der Waals surface area contributed by atoms with Crippen LogP contribution in [0.15, 0.2) is 77.7 Å². The number of nitrogens with one attached hydrogen (secondary N) is 1. The van der Waals surface area contributed by atoms with Gasteiger partial charge in [0.05, 0.1) is 25.0 Å². The molecule has 0 spiro atoms. The summed E-state index contributed by atoms with van der Waals surface area (Å²) in [7, 11) is 1.60. The fourth-order valence-electron chi connectivity index (χ4n) is 5.07. The molecule has 44 heavy (non-hydrogen) atoms. The molecule has 3 aromatic carbocycles. The van der Waals surface area contributed by atoms with Crippen LogP contribution in [0.25, 0.3) is 33.8 Å². The summed E-state index contributed by atoms with van der Waals surface area (Å²) in [5.41, 5.74) is 2.74. The molecule has 1 fully saturated rings. The Morgan fingerprint density at radius 1 is 0.977 bits per heavy atom. The Hall–Kier alpha value is -5.10. The summed E-state index contributed by atoms with van der Waals surface area (Å²) in [5.74, 6) is -0.268. The van der Waals surface area contributed by atoms with Gasteiger partial charge in [-0.15, -0.1) is 0 Å². The number of fused-ring (bicyclic) bond motifs is 1. The molecule has 0 radical (unpaired) electrons. The number of carbonyl (C=O) groups is 1. The summed E-state index contributed by atoms with van der Waals surface area (Å²) in [5, 5.41) is 2.62. The minimum Gasteiger partial charge on any atom is -0.378 e. The van der Waals surface area contributed by atoms with Crippen LogP contribution in [0, 0.1) is 6.92 Å². The van der Waals surface area contributed by atoms with Gasteiger partial charge >= 0.3 is 6.18 Å². The first-order chi connectivity index (χ1) is 21.1. The number of alkyl halides is 3. The Balaban J connectivity index is 1.29. The Kier molecular flexibility index (Phi) is 7.60. The van der Waals surface area contributed by atoms with Crippen molar-refractivity contribution in [2.45, 2.75) is 13.1 Å². The summed E-state index contributed by atoms with van der Waals surface area (Å²) in [6, 6.07) is 16.9. The molecule has 1 amide bonds. The maximum Gasteiger partial charge on any atom is 0.416 e. The van der Waals surface area contributed by atoms with Gasteiger partial charge in [0.25, 0.3) is 11.5 Å². The van der Waals surface area contributed by atoms with Crippen molar-refractivity contribution in [2.24, 2.45) is 7.05 Å². The van der Waals surface area contributed by atoms with Crippen LogP contribution in [0.2, 0.25) is 0 Å². The van der Waals surface area contributed by atoms with Crippen LogP contribution in [-0.2, 0) is 18.0 Å². The van der Waals surface area contributed by atoms with Crippen LogP contribution in [0.3, 0.4) is 0 Å². The van der Waals surface area contributed by atoms with E-state index >= 15 is 0 Å². The number of aromatic nitrogens is 4. The Morgan fingerprint density at radius 2 is 1.73 bits per heavy atom. The van der Waals surface area contributed by atoms with E-state index in [1.54, 1.807) is 38.4 Å². The van der Waals surface area contributed by atoms with E-state index in [-0.39, 0.29) is 11.3 Å². The van der Waals surface area contributed by atoms with E-state index in [0.29, 0.717) is 47.0 Å². The fraction of sp³-hybridized carbons (Fsp3) is 0.219. The topological polar surface area (TPSA) is 102 Å². The normalized spacial score (nSPS) is 13.7. The highest BCUT2D eigenvalue weighted by Crippen LogP contribution is 2.30. The average Bonchev–Trinajstić information content (AvgIpc) is 3.04. The third-order valence-electron chi connectivity index (χ3n) is 7.51. The van der Waals surface area contributed by atoms with Crippen molar-refractivity contribution in [3.8, 4) is 22.6 Å². The van der Waals surface area contributed by atoms with Crippen molar-refractivity contribution in [3.05, 3.63) is 100.0 Å². The molecule has 0 aliphatic carbocycles. The summed E-state index contributed by atoms with van der Waals surface area (Å²) < 4.78 is 46.2. The van der Waals surface area contributed by atoms with Gasteiger partial charge in [-0.3, -0.25) is 14.2 Å². The largest absolute Gasteiger partial charge is 0.416 e. The monoisotopic (exact) mass is 600 g/mol. The molecule has 0 unspecified atom stereocenters. The highest BCUT2D eigenvalue weighted by molar-refractivity contribution is 6.04. The van der Waals surface area contributed by atoms with Crippen LogP contribution in [0.4, 0.5) is 24.5 Å². The Morgan fingerprint density at radius 3 is 2.45 bits per heavy atom. The van der Waals surface area contributed by atoms with E-state index in [1.807, 2.05) is 24.3 Å². The molecular weight excluding hydrogens is 573 g/mol. The number of hydrogen-bond donors (Lipinski definition) is 1. The zero-order valence-electron chi connectivity index (χ0n) is 23.9. The molecule has 12 heteroatoms. The second-order valence-electron chi connectivity index (χ2n) is 10.4. The number of aryl methyl sites for hydroxylation is 2. The molecule has 0 atom stereocenters. The van der Waals surface area contributed by atoms with Crippen LogP contribution >= 0.6 is 0 Å². The lowest BCUT2D eigenvalue weighted by atomic mass is 10.0. The molecule has 0 bridgehead atoms. The van der Waals surface area contributed by atoms with Gasteiger partial charge in [-0.25, -0.2) is 15.0 Å². The molecule has 1 aliphatic heterocycles. The van der Waals surface area contributed by atoms with Gasteiger partial charge in [0.15, 0.2) is 11.5 Å². The number of amides is 1. The molecule has 0 saturated carbocycles. The lowest BCUT2D eigenvalue weighted by molar-refractivity contribution is -0.137. The van der Waals surface area contributed by atoms with E-state index < -0.39 is 23.2 Å². The van der Waals surface area contributed by atoms with Crippen LogP contribution in [0.5, 0.6) is 0 Å². The molecule has 5 aromatic rings. The lowest BCUT2D eigenvalue weighted by Gasteiger charge is -2.28. The van der Waals surface area contributed by atoms with E-state index in [2.05, 4.69) is 25.2 Å². The van der Waals surface area contributed by atoms with Crippen LogP contribution in [0.1, 0.15) is 21.5 Å². The molecule has 1 N–H and O–H groups in total. The third kappa shape index (κ3) is 5.76. The summed E-state index contributed by atoms with van der Waals surface area (Å²) in [6.45, 7) is 4.83. The number of morpholine rings is 1. The van der Waals surface area contributed by atoms with E-state index in [1.165, 1.54) is 16.7 Å². The van der Waals surface area contributed by atoms with Crippen molar-refractivity contribution in [2.75, 3.05) is 36.5 Å². The van der Waals surface area contributed by atoms with Crippen molar-refractivity contribution in [3.63, 3.8) is 0 Å². The molecular formula is C32H27F3N6O3. The maximum atomic E-state index is 13.5. The highest BCUT2D eigenvalue weighted by atomic mass is 19.4. The molecule has 6 rings (SSSR count). The second kappa shape index (κ2) is 11.5. The van der Waals surface area contributed by atoms with Crippen LogP contribution in [-0.4, -0.2) is 51.7 Å². The predicted molar refractivity (Wildman–Crippen MR) is 161 cm³/mol. The Bertz CT molecular complexity index is 1930. The quantitative estimate of drug-likeness (QED) is 0.285. The number of halogens is 3. The fourth-order valence-corrected chi connectivity index (χ4v) is 5.07. The zero-order valence-corrected chi connectivity index (χ0v) is 23.9. The van der Waals surface area contributed by atoms with E-state index in [4.69, 9.17) is 4.74 Å². The molecule has 2 aromatic heterocycles. The smallest absolute Gasteiger partial charge is 0.378 e. The number of hydrogen-bond acceptors (Lipinski definition) is 7. The average molecular weight is 601 g/mol. The first-order valence-corrected chi connectivity index (χ1v) is 13.8. The number of benzene rings is 3. The Labute approximate surface area is 250 Å². The number of anilines is 2. The summed E-state index contributed by atoms with van der Waals surface area (Å²) in [4.78, 5) is 42.3. The van der Waals surface area contributed by atoms with E-state index in [0.717, 1.165) is 36.5 Å². The third-order valence-corrected chi connectivity index (χ3v) is 7.51. The molecule has 224 valence electrons. The summed E-state index contributed by atoms with van der Waals surface area (Å²) >= 11 is 0. The van der Waals surface area contributed by atoms with Gasteiger partial charge in [0, 0.05) is 48.2 Å². The predicted octanol–water partition coefficient (Wildman–Crippen LogP) is 5.47. The van der Waals surface area contributed by atoms with Crippen molar-refractivity contribution >= 4 is 28.4 Å². The van der Waals surface area contributed by atoms with Gasteiger partial charge in [-0.05, 0) is 67.1 Å². The minimum absolute atomic E-state index is 0.124. The zero-order chi connectivity index (χ0) is 31.0. The van der Waals surface area contributed by atoms with Crippen LogP contribution < -0.4 is 15.8 Å². The SMILES string of the molecule is Cc1ccc(NC(=O)c2cccc(C(F)(F)F)c2)cc1-c1nc2cnc(-c3ccc(N4CCOCC4)cc3)nc2n(C)c1=O.